The number of nitrogens with one attached hydrogen (secondary N) is 1. The maximum Gasteiger partial charge on any atom is 0.224 e. The number of likely N-dealkylation sites (tertiary alicyclic amines) is 1. The van der Waals surface area contributed by atoms with Crippen LogP contribution in [0.4, 0.5) is 0 Å². The quantitative estimate of drug-likeness (QED) is 0.582. The highest BCUT2D eigenvalue weighted by atomic mass is 16.6. The molecule has 6 nitrogen and oxygen atoms in total. The van der Waals surface area contributed by atoms with Crippen LogP contribution in [-0.4, -0.2) is 49.7 Å². The molecule has 0 aromatic heterocycles. The van der Waals surface area contributed by atoms with Crippen LogP contribution >= 0.6 is 0 Å². The van der Waals surface area contributed by atoms with E-state index < -0.39 is 0 Å². The Morgan fingerprint density at radius 1 is 0.971 bits per heavy atom. The van der Waals surface area contributed by atoms with Gasteiger partial charge in [-0.3, -0.25) is 4.79 Å². The van der Waals surface area contributed by atoms with Crippen molar-refractivity contribution < 1.29 is 19.0 Å². The zero-order chi connectivity index (χ0) is 23.9. The molecule has 1 unspecified atom stereocenters. The number of amides is 1. The minimum atomic E-state index is 0.0378. The van der Waals surface area contributed by atoms with Crippen molar-refractivity contribution >= 4 is 5.91 Å². The fraction of sp³-hybridized carbons (Fsp3) is 0.414. The van der Waals surface area contributed by atoms with Gasteiger partial charge in [0.15, 0.2) is 11.5 Å². The van der Waals surface area contributed by atoms with Crippen LogP contribution in [0, 0.1) is 0 Å². The average molecular weight is 475 g/mol. The maximum atomic E-state index is 13.0. The van der Waals surface area contributed by atoms with Crippen molar-refractivity contribution in [3.8, 4) is 17.2 Å². The van der Waals surface area contributed by atoms with E-state index >= 15 is 0 Å². The number of hydrogen-bond acceptors (Lipinski definition) is 5. The minimum absolute atomic E-state index is 0.0378. The lowest BCUT2D eigenvalue weighted by molar-refractivity contribution is -0.121. The third-order valence-corrected chi connectivity index (χ3v) is 6.62. The van der Waals surface area contributed by atoms with Crippen molar-refractivity contribution in [3.63, 3.8) is 0 Å². The number of rotatable bonds is 9. The van der Waals surface area contributed by atoms with Gasteiger partial charge in [-0.05, 0) is 92.7 Å². The Balaban J connectivity index is 1.20. The zero-order valence-corrected chi connectivity index (χ0v) is 20.2. The lowest BCUT2D eigenvalue weighted by atomic mass is 10.0. The van der Waals surface area contributed by atoms with Crippen molar-refractivity contribution in [2.24, 2.45) is 0 Å². The third kappa shape index (κ3) is 6.67. The van der Waals surface area contributed by atoms with Crippen molar-refractivity contribution in [2.45, 2.75) is 44.6 Å². The molecule has 35 heavy (non-hydrogen) atoms. The van der Waals surface area contributed by atoms with E-state index in [1.54, 1.807) is 0 Å². The number of benzene rings is 2. The van der Waals surface area contributed by atoms with Gasteiger partial charge in [0.2, 0.25) is 5.91 Å². The summed E-state index contributed by atoms with van der Waals surface area (Å²) in [5.74, 6) is 3.30. The van der Waals surface area contributed by atoms with Crippen LogP contribution in [-0.2, 0) is 17.6 Å². The first-order valence-electron chi connectivity index (χ1n) is 12.7. The Bertz CT molecular complexity index is 1070. The van der Waals surface area contributed by atoms with Crippen LogP contribution in [0.3, 0.4) is 0 Å². The number of allylic oxidation sites excluding steroid dienone is 3. The van der Waals surface area contributed by atoms with E-state index in [2.05, 4.69) is 28.4 Å². The molecule has 6 heteroatoms. The number of ether oxygens (including phenoxy) is 3. The molecule has 5 rings (SSSR count). The van der Waals surface area contributed by atoms with Crippen molar-refractivity contribution in [2.75, 3.05) is 32.8 Å². The Morgan fingerprint density at radius 3 is 2.51 bits per heavy atom. The topological polar surface area (TPSA) is 60.0 Å². The summed E-state index contributed by atoms with van der Waals surface area (Å²) >= 11 is 0. The summed E-state index contributed by atoms with van der Waals surface area (Å²) in [5.41, 5.74) is 2.12. The summed E-state index contributed by atoms with van der Waals surface area (Å²) in [6.45, 7) is 4.21. The van der Waals surface area contributed by atoms with Gasteiger partial charge in [0, 0.05) is 12.6 Å². The summed E-state index contributed by atoms with van der Waals surface area (Å²) in [7, 11) is 0. The maximum absolute atomic E-state index is 13.0. The fourth-order valence-corrected chi connectivity index (χ4v) is 4.88. The summed E-state index contributed by atoms with van der Waals surface area (Å²) in [5, 5.41) is 3.30. The highest BCUT2D eigenvalue weighted by Gasteiger charge is 2.21. The normalized spacial score (nSPS) is 18.1. The molecular formula is C29H34N2O4. The first-order chi connectivity index (χ1) is 17.2. The molecule has 2 aromatic carbocycles. The van der Waals surface area contributed by atoms with Gasteiger partial charge < -0.3 is 24.4 Å². The summed E-state index contributed by atoms with van der Waals surface area (Å²) in [6.07, 6.45) is 11.9. The largest absolute Gasteiger partial charge is 0.486 e. The molecule has 0 radical (unpaired) electrons. The van der Waals surface area contributed by atoms with Gasteiger partial charge in [0.05, 0.1) is 6.42 Å². The molecule has 0 spiro atoms. The number of fused-ring (bicyclic) bond motifs is 1. The molecule has 184 valence electrons. The second-order valence-corrected chi connectivity index (χ2v) is 9.46. The smallest absolute Gasteiger partial charge is 0.224 e. The fourth-order valence-electron chi connectivity index (χ4n) is 4.88. The minimum Gasteiger partial charge on any atom is -0.486 e. The lowest BCUT2D eigenvalue weighted by Gasteiger charge is -2.25. The molecule has 1 aliphatic carbocycles. The van der Waals surface area contributed by atoms with Crippen LogP contribution in [0.2, 0.25) is 0 Å². The predicted molar refractivity (Wildman–Crippen MR) is 136 cm³/mol. The Morgan fingerprint density at radius 2 is 1.74 bits per heavy atom. The van der Waals surface area contributed by atoms with Crippen LogP contribution < -0.4 is 19.5 Å². The highest BCUT2D eigenvalue weighted by molar-refractivity contribution is 5.79. The van der Waals surface area contributed by atoms with E-state index in [4.69, 9.17) is 14.2 Å². The molecule has 1 atom stereocenters. The van der Waals surface area contributed by atoms with E-state index in [1.807, 2.05) is 42.5 Å². The molecule has 0 saturated carbocycles. The molecule has 1 N–H and O–H groups in total. The second-order valence-electron chi connectivity index (χ2n) is 9.46. The molecular weight excluding hydrogens is 440 g/mol. The van der Waals surface area contributed by atoms with Gasteiger partial charge in [0.25, 0.3) is 0 Å². The summed E-state index contributed by atoms with van der Waals surface area (Å²) in [4.78, 5) is 15.4. The van der Waals surface area contributed by atoms with Crippen LogP contribution in [0.15, 0.2) is 66.5 Å². The van der Waals surface area contributed by atoms with Gasteiger partial charge in [-0.2, -0.15) is 0 Å². The average Bonchev–Trinajstić information content (AvgIpc) is 3.39. The molecule has 1 fully saturated rings. The summed E-state index contributed by atoms with van der Waals surface area (Å²) in [6, 6.07) is 13.9. The second kappa shape index (κ2) is 11.5. The highest BCUT2D eigenvalue weighted by Crippen LogP contribution is 2.31. The Labute approximate surface area is 207 Å². The van der Waals surface area contributed by atoms with Crippen LogP contribution in [0.25, 0.3) is 0 Å². The molecule has 3 aliphatic rings. The van der Waals surface area contributed by atoms with Crippen LogP contribution in [0.5, 0.6) is 17.2 Å². The van der Waals surface area contributed by atoms with Crippen LogP contribution in [0.1, 0.15) is 36.8 Å². The van der Waals surface area contributed by atoms with Gasteiger partial charge in [-0.25, -0.2) is 0 Å². The molecule has 2 aliphatic heterocycles. The predicted octanol–water partition coefficient (Wildman–Crippen LogP) is 4.44. The molecule has 1 amide bonds. The van der Waals surface area contributed by atoms with E-state index in [1.165, 1.54) is 12.8 Å². The van der Waals surface area contributed by atoms with Crippen molar-refractivity contribution in [1.29, 1.82) is 0 Å². The first-order valence-corrected chi connectivity index (χ1v) is 12.7. The number of hydrogen-bond donors (Lipinski definition) is 1. The van der Waals surface area contributed by atoms with Gasteiger partial charge >= 0.3 is 0 Å². The summed E-state index contributed by atoms with van der Waals surface area (Å²) < 4.78 is 17.3. The van der Waals surface area contributed by atoms with Gasteiger partial charge in [0.1, 0.15) is 24.7 Å². The SMILES string of the molecule is O=C(Cc1ccc(OC2=CCCC=C2)cc1)NC(Cc1ccc2c(c1)OCCO2)CN1CCCC1. The zero-order valence-electron chi connectivity index (χ0n) is 20.2. The van der Waals surface area contributed by atoms with E-state index in [0.717, 1.165) is 73.0 Å². The third-order valence-electron chi connectivity index (χ3n) is 6.62. The van der Waals surface area contributed by atoms with Gasteiger partial charge in [-0.15, -0.1) is 0 Å². The van der Waals surface area contributed by atoms with E-state index in [9.17, 15) is 4.79 Å². The number of carbonyl (C=O) groups is 1. The Hall–Kier alpha value is -3.25. The lowest BCUT2D eigenvalue weighted by Crippen LogP contribution is -2.45. The van der Waals surface area contributed by atoms with E-state index in [0.29, 0.717) is 19.6 Å². The standard InChI is InChI=1S/C29H34N2O4/c32-29(20-22-8-11-26(12-9-22)35-25-6-2-1-3-7-25)30-24(21-31-14-4-5-15-31)18-23-10-13-27-28(19-23)34-17-16-33-27/h2,6-13,19,24H,1,3-5,14-18,20-21H2,(H,30,32). The van der Waals surface area contributed by atoms with Gasteiger partial charge in [-0.1, -0.05) is 24.3 Å². The Kier molecular flexibility index (Phi) is 7.69. The molecule has 2 aromatic rings. The first kappa shape index (κ1) is 23.5. The molecule has 1 saturated heterocycles. The van der Waals surface area contributed by atoms with E-state index in [-0.39, 0.29) is 11.9 Å². The molecule has 2 heterocycles. The molecule has 0 bridgehead atoms. The number of nitrogens with zero attached hydrogens (tertiary/aromatic N) is 1. The van der Waals surface area contributed by atoms with Crippen molar-refractivity contribution in [3.05, 3.63) is 77.6 Å². The monoisotopic (exact) mass is 474 g/mol. The van der Waals surface area contributed by atoms with Crippen molar-refractivity contribution in [1.82, 2.24) is 10.2 Å². The number of carbonyl (C=O) groups excluding carboxylic acids is 1.